The number of tetrazole rings is 1. The number of carbonyl (C=O) groups is 1. The van der Waals surface area contributed by atoms with Crippen LogP contribution in [0.25, 0.3) is 5.69 Å². The van der Waals surface area contributed by atoms with Gasteiger partial charge in [-0.1, -0.05) is 6.07 Å². The van der Waals surface area contributed by atoms with Gasteiger partial charge in [-0.2, -0.15) is 0 Å². The molecule has 0 unspecified atom stereocenters. The zero-order valence-electron chi connectivity index (χ0n) is 11.7. The van der Waals surface area contributed by atoms with Crippen molar-refractivity contribution in [2.75, 3.05) is 5.32 Å². The van der Waals surface area contributed by atoms with Gasteiger partial charge < -0.3 is 5.32 Å². The van der Waals surface area contributed by atoms with E-state index in [1.54, 1.807) is 24.3 Å². The maximum Gasteiger partial charge on any atom is 0.328 e. The van der Waals surface area contributed by atoms with E-state index in [2.05, 4.69) is 25.8 Å². The van der Waals surface area contributed by atoms with Gasteiger partial charge >= 0.3 is 5.69 Å². The fraction of sp³-hybridized carbons (Fsp3) is 0.0769. The Bertz CT molecular complexity index is 942. The number of benzene rings is 1. The van der Waals surface area contributed by atoms with Crippen LogP contribution in [0, 0.1) is 0 Å². The standard InChI is InChI=1S/C13H11N7O3/c21-11-4-5-19(13(23)16-11)7-12(22)15-9-2-1-3-10(6-9)20-8-14-17-18-20/h1-6,8H,7H2,(H,15,22)(H,16,21,23). The Labute approximate surface area is 128 Å². The molecule has 2 N–H and O–H groups in total. The number of amides is 1. The van der Waals surface area contributed by atoms with E-state index in [9.17, 15) is 14.4 Å². The van der Waals surface area contributed by atoms with Gasteiger partial charge in [0, 0.05) is 18.0 Å². The average molecular weight is 313 g/mol. The molecule has 0 saturated heterocycles. The summed E-state index contributed by atoms with van der Waals surface area (Å²) in [6.45, 7) is -0.218. The van der Waals surface area contributed by atoms with Crippen LogP contribution in [0.2, 0.25) is 0 Å². The van der Waals surface area contributed by atoms with Crippen molar-refractivity contribution >= 4 is 11.6 Å². The molecule has 2 aromatic heterocycles. The third kappa shape index (κ3) is 3.37. The van der Waals surface area contributed by atoms with E-state index in [0.29, 0.717) is 11.4 Å². The normalized spacial score (nSPS) is 10.4. The van der Waals surface area contributed by atoms with Gasteiger partial charge in [0.1, 0.15) is 12.9 Å². The van der Waals surface area contributed by atoms with Crippen molar-refractivity contribution in [2.24, 2.45) is 0 Å². The number of anilines is 1. The fourth-order valence-electron chi connectivity index (χ4n) is 1.93. The predicted molar refractivity (Wildman–Crippen MR) is 79.1 cm³/mol. The molecule has 0 fully saturated rings. The van der Waals surface area contributed by atoms with Gasteiger partial charge in [-0.3, -0.25) is 19.1 Å². The molecule has 0 bridgehead atoms. The molecule has 3 aromatic rings. The van der Waals surface area contributed by atoms with Crippen LogP contribution in [-0.2, 0) is 11.3 Å². The monoisotopic (exact) mass is 313 g/mol. The Hall–Kier alpha value is -3.56. The van der Waals surface area contributed by atoms with E-state index in [1.165, 1.54) is 23.3 Å². The summed E-state index contributed by atoms with van der Waals surface area (Å²) in [5.41, 5.74) is 0.0466. The lowest BCUT2D eigenvalue weighted by molar-refractivity contribution is -0.116. The van der Waals surface area contributed by atoms with Gasteiger partial charge in [0.15, 0.2) is 0 Å². The van der Waals surface area contributed by atoms with Gasteiger partial charge in [0.05, 0.1) is 5.69 Å². The number of nitrogens with one attached hydrogen (secondary N) is 2. The van der Waals surface area contributed by atoms with Gasteiger partial charge in [-0.15, -0.1) is 5.10 Å². The zero-order chi connectivity index (χ0) is 16.2. The molecule has 3 rings (SSSR count). The summed E-state index contributed by atoms with van der Waals surface area (Å²) in [5, 5.41) is 13.5. The van der Waals surface area contributed by atoms with E-state index < -0.39 is 17.2 Å². The van der Waals surface area contributed by atoms with Gasteiger partial charge in [0.2, 0.25) is 5.91 Å². The molecule has 0 spiro atoms. The molecule has 0 aliphatic rings. The zero-order valence-corrected chi connectivity index (χ0v) is 11.7. The molecule has 0 aliphatic carbocycles. The van der Waals surface area contributed by atoms with E-state index in [4.69, 9.17) is 0 Å². The van der Waals surface area contributed by atoms with E-state index >= 15 is 0 Å². The molecule has 0 aliphatic heterocycles. The Kier molecular flexibility index (Phi) is 3.78. The third-order valence-electron chi connectivity index (χ3n) is 2.95. The van der Waals surface area contributed by atoms with Gasteiger partial charge in [0.25, 0.3) is 5.56 Å². The second-order valence-electron chi connectivity index (χ2n) is 4.59. The van der Waals surface area contributed by atoms with Crippen LogP contribution in [0.4, 0.5) is 5.69 Å². The maximum absolute atomic E-state index is 12.0. The molecular formula is C13H11N7O3. The highest BCUT2D eigenvalue weighted by Gasteiger charge is 2.07. The van der Waals surface area contributed by atoms with Crippen molar-refractivity contribution in [1.82, 2.24) is 29.8 Å². The van der Waals surface area contributed by atoms with Crippen molar-refractivity contribution in [3.63, 3.8) is 0 Å². The number of carbonyl (C=O) groups excluding carboxylic acids is 1. The number of nitrogens with zero attached hydrogens (tertiary/aromatic N) is 5. The molecule has 0 saturated carbocycles. The SMILES string of the molecule is O=C(Cn1ccc(=O)[nH]c1=O)Nc1cccc(-n2cnnn2)c1. The molecule has 1 aromatic carbocycles. The largest absolute Gasteiger partial charge is 0.328 e. The molecule has 116 valence electrons. The molecule has 10 nitrogen and oxygen atoms in total. The van der Waals surface area contributed by atoms with Crippen LogP contribution in [0.1, 0.15) is 0 Å². The second-order valence-corrected chi connectivity index (χ2v) is 4.59. The van der Waals surface area contributed by atoms with Gasteiger partial charge in [-0.25, -0.2) is 9.48 Å². The first kappa shape index (κ1) is 14.4. The predicted octanol–water partition coefficient (Wildman–Crippen LogP) is -0.849. The molecule has 23 heavy (non-hydrogen) atoms. The number of rotatable bonds is 4. The lowest BCUT2D eigenvalue weighted by Gasteiger charge is -2.08. The minimum Gasteiger partial charge on any atom is -0.324 e. The Morgan fingerprint density at radius 1 is 1.26 bits per heavy atom. The third-order valence-corrected chi connectivity index (χ3v) is 2.95. The Morgan fingerprint density at radius 2 is 2.13 bits per heavy atom. The summed E-state index contributed by atoms with van der Waals surface area (Å²) >= 11 is 0. The highest BCUT2D eigenvalue weighted by molar-refractivity contribution is 5.90. The summed E-state index contributed by atoms with van der Waals surface area (Å²) in [5.74, 6) is -0.409. The topological polar surface area (TPSA) is 128 Å². The number of aromatic nitrogens is 6. The molecule has 2 heterocycles. The van der Waals surface area contributed by atoms with E-state index in [1.807, 2.05) is 0 Å². The lowest BCUT2D eigenvalue weighted by Crippen LogP contribution is -2.32. The average Bonchev–Trinajstić information content (AvgIpc) is 3.05. The van der Waals surface area contributed by atoms with Crippen LogP contribution in [0.5, 0.6) is 0 Å². The van der Waals surface area contributed by atoms with Crippen LogP contribution in [-0.4, -0.2) is 35.7 Å². The first-order valence-electron chi connectivity index (χ1n) is 6.55. The smallest absolute Gasteiger partial charge is 0.324 e. The van der Waals surface area contributed by atoms with Crippen LogP contribution < -0.4 is 16.6 Å². The summed E-state index contributed by atoms with van der Waals surface area (Å²) in [7, 11) is 0. The quantitative estimate of drug-likeness (QED) is 0.646. The number of hydrogen-bond acceptors (Lipinski definition) is 6. The highest BCUT2D eigenvalue weighted by atomic mass is 16.2. The molecular weight excluding hydrogens is 302 g/mol. The van der Waals surface area contributed by atoms with Crippen molar-refractivity contribution < 1.29 is 4.79 Å². The fourth-order valence-corrected chi connectivity index (χ4v) is 1.93. The number of H-pyrrole nitrogens is 1. The molecule has 10 heteroatoms. The van der Waals surface area contributed by atoms with Crippen LogP contribution in [0.15, 0.2) is 52.4 Å². The number of hydrogen-bond donors (Lipinski definition) is 2. The second kappa shape index (κ2) is 6.05. The van der Waals surface area contributed by atoms with Crippen molar-refractivity contribution in [3.8, 4) is 5.69 Å². The Morgan fingerprint density at radius 3 is 2.87 bits per heavy atom. The van der Waals surface area contributed by atoms with Crippen LogP contribution >= 0.6 is 0 Å². The molecule has 0 radical (unpaired) electrons. The summed E-state index contributed by atoms with van der Waals surface area (Å²) in [4.78, 5) is 36.6. The van der Waals surface area contributed by atoms with Crippen molar-refractivity contribution in [3.05, 3.63) is 63.7 Å². The molecule has 0 atom stereocenters. The molecule has 1 amide bonds. The lowest BCUT2D eigenvalue weighted by atomic mass is 10.2. The number of aromatic amines is 1. The summed E-state index contributed by atoms with van der Waals surface area (Å²) in [6, 6.07) is 8.07. The summed E-state index contributed by atoms with van der Waals surface area (Å²) < 4.78 is 2.55. The summed E-state index contributed by atoms with van der Waals surface area (Å²) in [6.07, 6.45) is 2.69. The van der Waals surface area contributed by atoms with Crippen LogP contribution in [0.3, 0.4) is 0 Å². The minimum absolute atomic E-state index is 0.218. The first-order chi connectivity index (χ1) is 11.1. The Balaban J connectivity index is 1.74. The maximum atomic E-state index is 12.0. The van der Waals surface area contributed by atoms with E-state index in [-0.39, 0.29) is 6.54 Å². The van der Waals surface area contributed by atoms with Gasteiger partial charge in [-0.05, 0) is 28.6 Å². The minimum atomic E-state index is -0.643. The highest BCUT2D eigenvalue weighted by Crippen LogP contribution is 2.13. The van der Waals surface area contributed by atoms with Crippen molar-refractivity contribution in [1.29, 1.82) is 0 Å². The van der Waals surface area contributed by atoms with E-state index in [0.717, 1.165) is 4.57 Å². The first-order valence-corrected chi connectivity index (χ1v) is 6.55. The van der Waals surface area contributed by atoms with Crippen molar-refractivity contribution in [2.45, 2.75) is 6.54 Å².